The maximum absolute atomic E-state index is 12.5. The number of nitrogens with zero attached hydrogens (tertiary/aromatic N) is 1. The van der Waals surface area contributed by atoms with E-state index in [1.807, 2.05) is 0 Å². The maximum atomic E-state index is 12.5. The van der Waals surface area contributed by atoms with E-state index >= 15 is 0 Å². The fraction of sp³-hybridized carbons (Fsp3) is 0.300. The van der Waals surface area contributed by atoms with Crippen LogP contribution in [0.2, 0.25) is 0 Å². The first-order valence-corrected chi connectivity index (χ1v) is 4.12. The largest absolute Gasteiger partial charge is 0.416 e. The van der Waals surface area contributed by atoms with E-state index in [9.17, 15) is 13.2 Å². The van der Waals surface area contributed by atoms with Gasteiger partial charge in [-0.3, -0.25) is 0 Å². The third-order valence-corrected chi connectivity index (χ3v) is 2.18. The molecule has 0 radical (unpaired) electrons. The van der Waals surface area contributed by atoms with Gasteiger partial charge >= 0.3 is 6.18 Å². The number of aliphatic hydroxyl groups is 1. The van der Waals surface area contributed by atoms with Crippen LogP contribution >= 0.6 is 0 Å². The number of rotatable bonds is 1. The highest BCUT2D eigenvalue weighted by Gasteiger charge is 2.34. The molecule has 0 aliphatic heterocycles. The van der Waals surface area contributed by atoms with E-state index in [1.165, 1.54) is 6.92 Å². The monoisotopic (exact) mass is 215 g/mol. The molecule has 80 valence electrons. The summed E-state index contributed by atoms with van der Waals surface area (Å²) in [6.45, 7) is 0.662. The Bertz CT molecular complexity index is 418. The summed E-state index contributed by atoms with van der Waals surface area (Å²) in [5, 5.41) is 17.5. The number of hydrogen-bond acceptors (Lipinski definition) is 2. The summed E-state index contributed by atoms with van der Waals surface area (Å²) >= 11 is 0. The van der Waals surface area contributed by atoms with Crippen molar-refractivity contribution in [2.24, 2.45) is 0 Å². The van der Waals surface area contributed by atoms with Gasteiger partial charge in [-0.15, -0.1) is 0 Å². The highest BCUT2D eigenvalue weighted by molar-refractivity contribution is 5.46. The first-order chi connectivity index (χ1) is 6.91. The van der Waals surface area contributed by atoms with Gasteiger partial charge in [-0.05, 0) is 30.2 Å². The molecule has 0 fully saturated rings. The fourth-order valence-electron chi connectivity index (χ4n) is 1.35. The van der Waals surface area contributed by atoms with Crippen LogP contribution < -0.4 is 0 Å². The van der Waals surface area contributed by atoms with E-state index in [1.54, 1.807) is 6.07 Å². The van der Waals surface area contributed by atoms with Crippen LogP contribution in [-0.2, 0) is 12.8 Å². The van der Waals surface area contributed by atoms with E-state index in [2.05, 4.69) is 0 Å². The molecule has 1 aromatic rings. The van der Waals surface area contributed by atoms with Crippen LogP contribution in [0, 0.1) is 18.3 Å². The molecule has 0 atom stereocenters. The fourth-order valence-corrected chi connectivity index (χ4v) is 1.35. The van der Waals surface area contributed by atoms with Gasteiger partial charge in [-0.2, -0.15) is 18.4 Å². The number of benzene rings is 1. The van der Waals surface area contributed by atoms with Gasteiger partial charge in [0, 0.05) is 0 Å². The van der Waals surface area contributed by atoms with Gasteiger partial charge in [-0.25, -0.2) is 0 Å². The molecule has 0 aliphatic rings. The van der Waals surface area contributed by atoms with E-state index in [-0.39, 0.29) is 16.7 Å². The molecule has 5 heteroatoms. The van der Waals surface area contributed by atoms with Crippen molar-refractivity contribution in [2.45, 2.75) is 19.7 Å². The lowest BCUT2D eigenvalue weighted by atomic mass is 9.97. The molecule has 0 heterocycles. The minimum absolute atomic E-state index is 0.145. The van der Waals surface area contributed by atoms with Crippen molar-refractivity contribution in [3.8, 4) is 6.07 Å². The molecule has 0 saturated heterocycles. The molecular weight excluding hydrogens is 207 g/mol. The normalized spacial score (nSPS) is 11.2. The van der Waals surface area contributed by atoms with E-state index in [0.29, 0.717) is 0 Å². The van der Waals surface area contributed by atoms with Crippen molar-refractivity contribution in [3.05, 3.63) is 34.4 Å². The third kappa shape index (κ3) is 2.10. The molecule has 0 unspecified atom stereocenters. The quantitative estimate of drug-likeness (QED) is 0.781. The topological polar surface area (TPSA) is 44.0 Å². The van der Waals surface area contributed by atoms with Crippen LogP contribution in [0.25, 0.3) is 0 Å². The van der Waals surface area contributed by atoms with Crippen molar-refractivity contribution in [3.63, 3.8) is 0 Å². The van der Waals surface area contributed by atoms with Crippen molar-refractivity contribution in [1.82, 2.24) is 0 Å². The lowest BCUT2D eigenvalue weighted by Gasteiger charge is -2.14. The standard InChI is InChI=1S/C10H8F3NO/c1-6-7(4-14)2-3-9(8(6)5-15)10(11,12)13/h2-3,15H,5H2,1H3. The molecular formula is C10H8F3NO. The Morgan fingerprint density at radius 1 is 1.40 bits per heavy atom. The maximum Gasteiger partial charge on any atom is 0.416 e. The third-order valence-electron chi connectivity index (χ3n) is 2.18. The van der Waals surface area contributed by atoms with Crippen LogP contribution in [-0.4, -0.2) is 5.11 Å². The van der Waals surface area contributed by atoms with Gasteiger partial charge in [0.05, 0.1) is 23.8 Å². The molecule has 1 N–H and O–H groups in total. The van der Waals surface area contributed by atoms with Gasteiger partial charge in [0.15, 0.2) is 0 Å². The van der Waals surface area contributed by atoms with Crippen molar-refractivity contribution >= 4 is 0 Å². The Kier molecular flexibility index (Phi) is 3.01. The Hall–Kier alpha value is -1.54. The summed E-state index contributed by atoms with van der Waals surface area (Å²) in [5.41, 5.74) is -0.801. The van der Waals surface area contributed by atoms with Crippen LogP contribution in [0.5, 0.6) is 0 Å². The molecule has 0 bridgehead atoms. The molecule has 1 aromatic carbocycles. The average molecular weight is 215 g/mol. The minimum atomic E-state index is -4.50. The van der Waals surface area contributed by atoms with Gasteiger partial charge in [0.2, 0.25) is 0 Å². The zero-order valence-electron chi connectivity index (χ0n) is 7.89. The molecule has 15 heavy (non-hydrogen) atoms. The molecule has 0 aromatic heterocycles. The average Bonchev–Trinajstić information content (AvgIpc) is 2.15. The summed E-state index contributed by atoms with van der Waals surface area (Å²) in [5.74, 6) is 0. The molecule has 2 nitrogen and oxygen atoms in total. The van der Waals surface area contributed by atoms with Crippen LogP contribution in [0.4, 0.5) is 13.2 Å². The highest BCUT2D eigenvalue weighted by atomic mass is 19.4. The summed E-state index contributed by atoms with van der Waals surface area (Å²) in [6.07, 6.45) is -4.50. The van der Waals surface area contributed by atoms with Crippen molar-refractivity contribution in [2.75, 3.05) is 0 Å². The first-order valence-electron chi connectivity index (χ1n) is 4.12. The zero-order valence-corrected chi connectivity index (χ0v) is 7.89. The Morgan fingerprint density at radius 2 is 2.00 bits per heavy atom. The Labute approximate surface area is 84.6 Å². The number of alkyl halides is 3. The van der Waals surface area contributed by atoms with Crippen LogP contribution in [0.1, 0.15) is 22.3 Å². The van der Waals surface area contributed by atoms with Gasteiger partial charge in [-0.1, -0.05) is 0 Å². The summed E-state index contributed by atoms with van der Waals surface area (Å²) in [6, 6.07) is 3.70. The van der Waals surface area contributed by atoms with E-state index < -0.39 is 18.3 Å². The Balaban J connectivity index is 3.46. The van der Waals surface area contributed by atoms with Gasteiger partial charge < -0.3 is 5.11 Å². The van der Waals surface area contributed by atoms with Crippen molar-refractivity contribution in [1.29, 1.82) is 5.26 Å². The molecule has 0 saturated carbocycles. The minimum Gasteiger partial charge on any atom is -0.392 e. The predicted octanol–water partition coefficient (Wildman–Crippen LogP) is 2.38. The number of nitriles is 1. The molecule has 0 aliphatic carbocycles. The molecule has 0 amide bonds. The highest BCUT2D eigenvalue weighted by Crippen LogP contribution is 2.34. The zero-order chi connectivity index (χ0) is 11.6. The lowest BCUT2D eigenvalue weighted by Crippen LogP contribution is -2.11. The summed E-state index contributed by atoms with van der Waals surface area (Å²) < 4.78 is 37.4. The molecule has 1 rings (SSSR count). The second kappa shape index (κ2) is 3.91. The molecule has 0 spiro atoms. The Morgan fingerprint density at radius 3 is 2.40 bits per heavy atom. The summed E-state index contributed by atoms with van der Waals surface area (Å²) in [4.78, 5) is 0. The number of hydrogen-bond donors (Lipinski definition) is 1. The summed E-state index contributed by atoms with van der Waals surface area (Å²) in [7, 11) is 0. The van der Waals surface area contributed by atoms with Gasteiger partial charge in [0.1, 0.15) is 0 Å². The lowest BCUT2D eigenvalue weighted by molar-refractivity contribution is -0.138. The van der Waals surface area contributed by atoms with Crippen LogP contribution in [0.15, 0.2) is 12.1 Å². The SMILES string of the molecule is Cc1c(C#N)ccc(C(F)(F)F)c1CO. The van der Waals surface area contributed by atoms with Gasteiger partial charge in [0.25, 0.3) is 0 Å². The van der Waals surface area contributed by atoms with Crippen molar-refractivity contribution < 1.29 is 18.3 Å². The smallest absolute Gasteiger partial charge is 0.392 e. The second-order valence-electron chi connectivity index (χ2n) is 3.03. The van der Waals surface area contributed by atoms with E-state index in [4.69, 9.17) is 10.4 Å². The predicted molar refractivity (Wildman–Crippen MR) is 46.8 cm³/mol. The number of halogens is 3. The first kappa shape index (κ1) is 11.5. The van der Waals surface area contributed by atoms with Crippen LogP contribution in [0.3, 0.4) is 0 Å². The number of aliphatic hydroxyl groups excluding tert-OH is 1. The van der Waals surface area contributed by atoms with E-state index in [0.717, 1.165) is 12.1 Å². The second-order valence-corrected chi connectivity index (χ2v) is 3.03.